The van der Waals surface area contributed by atoms with Crippen LogP contribution in [0.25, 0.3) is 11.1 Å². The van der Waals surface area contributed by atoms with E-state index in [1.54, 1.807) is 12.1 Å². The Morgan fingerprint density at radius 1 is 1.44 bits per heavy atom. The molecular weight excluding hydrogens is 232 g/mol. The lowest BCUT2D eigenvalue weighted by molar-refractivity contribution is 0.0924. The van der Waals surface area contributed by atoms with Crippen molar-refractivity contribution in [2.45, 2.75) is 13.8 Å². The number of oxazole rings is 1. The number of nitriles is 1. The second-order valence-electron chi connectivity index (χ2n) is 4.44. The highest BCUT2D eigenvalue weighted by Crippen LogP contribution is 2.19. The van der Waals surface area contributed by atoms with E-state index in [-0.39, 0.29) is 11.7 Å². The van der Waals surface area contributed by atoms with Gasteiger partial charge in [0.2, 0.25) is 0 Å². The van der Waals surface area contributed by atoms with Crippen LogP contribution in [0.2, 0.25) is 0 Å². The zero-order chi connectivity index (χ0) is 13.3. The normalized spacial score (nSPS) is 12.6. The van der Waals surface area contributed by atoms with Crippen molar-refractivity contribution in [1.29, 1.82) is 5.26 Å². The Balaban J connectivity index is 2.45. The Kier molecular flexibility index (Phi) is 3.02. The van der Waals surface area contributed by atoms with Crippen molar-refractivity contribution in [1.82, 2.24) is 4.98 Å². The Morgan fingerprint density at radius 3 is 2.78 bits per heavy atom. The monoisotopic (exact) mass is 244 g/mol. The summed E-state index contributed by atoms with van der Waals surface area (Å²) in [5, 5.41) is 9.00. The minimum atomic E-state index is -0.680. The summed E-state index contributed by atoms with van der Waals surface area (Å²) in [6.07, 6.45) is 0. The third-order valence-electron chi connectivity index (χ3n) is 2.79. The molecular formula is C13H12N2O3. The topological polar surface area (TPSA) is 86.9 Å². The number of carbonyl (C=O) groups excluding carboxylic acids is 1. The number of aromatic amines is 1. The molecule has 0 aliphatic carbocycles. The van der Waals surface area contributed by atoms with Gasteiger partial charge in [0.05, 0.1) is 11.6 Å². The highest BCUT2D eigenvalue weighted by Gasteiger charge is 2.23. The number of rotatable bonds is 3. The van der Waals surface area contributed by atoms with E-state index in [0.717, 1.165) is 0 Å². The van der Waals surface area contributed by atoms with Gasteiger partial charge in [0.1, 0.15) is 5.92 Å². The molecule has 5 heteroatoms. The van der Waals surface area contributed by atoms with Crippen LogP contribution in [0, 0.1) is 23.2 Å². The predicted molar refractivity (Wildman–Crippen MR) is 65.1 cm³/mol. The molecule has 1 atom stereocenters. The van der Waals surface area contributed by atoms with Crippen LogP contribution in [-0.4, -0.2) is 10.8 Å². The first-order valence-corrected chi connectivity index (χ1v) is 5.59. The Hall–Kier alpha value is -2.35. The summed E-state index contributed by atoms with van der Waals surface area (Å²) in [7, 11) is 0. The van der Waals surface area contributed by atoms with Crippen LogP contribution >= 0.6 is 0 Å². The molecule has 0 saturated carbocycles. The van der Waals surface area contributed by atoms with E-state index < -0.39 is 11.7 Å². The molecule has 0 fully saturated rings. The first-order chi connectivity index (χ1) is 8.52. The fourth-order valence-electron chi connectivity index (χ4n) is 1.80. The van der Waals surface area contributed by atoms with Crippen LogP contribution in [0.4, 0.5) is 0 Å². The van der Waals surface area contributed by atoms with Crippen molar-refractivity contribution in [3.63, 3.8) is 0 Å². The second-order valence-corrected chi connectivity index (χ2v) is 4.44. The number of hydrogen-bond acceptors (Lipinski definition) is 4. The molecule has 0 aliphatic rings. The number of nitrogens with one attached hydrogen (secondary N) is 1. The fraction of sp³-hybridized carbons (Fsp3) is 0.308. The number of nitrogens with zero attached hydrogens (tertiary/aromatic N) is 1. The molecule has 0 radical (unpaired) electrons. The maximum atomic E-state index is 12.1. The van der Waals surface area contributed by atoms with Crippen LogP contribution < -0.4 is 5.76 Å². The molecule has 1 aromatic carbocycles. The average molecular weight is 244 g/mol. The van der Waals surface area contributed by atoms with Crippen molar-refractivity contribution < 1.29 is 9.21 Å². The summed E-state index contributed by atoms with van der Waals surface area (Å²) in [5.41, 5.74) is 1.26. The fourth-order valence-corrected chi connectivity index (χ4v) is 1.80. The minimum absolute atomic E-state index is 0.0541. The van der Waals surface area contributed by atoms with Gasteiger partial charge in [0, 0.05) is 5.56 Å². The predicted octanol–water partition coefficient (Wildman–Crippen LogP) is 2.10. The maximum absolute atomic E-state index is 12.1. The Morgan fingerprint density at radius 2 is 2.17 bits per heavy atom. The molecule has 5 nitrogen and oxygen atoms in total. The van der Waals surface area contributed by atoms with Crippen molar-refractivity contribution in [2.24, 2.45) is 11.8 Å². The van der Waals surface area contributed by atoms with E-state index in [1.165, 1.54) is 6.07 Å². The lowest BCUT2D eigenvalue weighted by Crippen LogP contribution is -2.18. The summed E-state index contributed by atoms with van der Waals surface area (Å²) in [6.45, 7) is 3.65. The molecule has 1 N–H and O–H groups in total. The maximum Gasteiger partial charge on any atom is 0.417 e. The molecule has 92 valence electrons. The van der Waals surface area contributed by atoms with Crippen LogP contribution in [0.1, 0.15) is 24.2 Å². The summed E-state index contributed by atoms with van der Waals surface area (Å²) >= 11 is 0. The first kappa shape index (κ1) is 12.1. The number of Topliss-reactive ketones (excluding diaryl/α,β-unsaturated/α-hetero) is 1. The minimum Gasteiger partial charge on any atom is -0.408 e. The van der Waals surface area contributed by atoms with E-state index in [9.17, 15) is 9.59 Å². The van der Waals surface area contributed by atoms with Gasteiger partial charge < -0.3 is 4.42 Å². The number of ketones is 1. The van der Waals surface area contributed by atoms with Gasteiger partial charge in [-0.3, -0.25) is 9.78 Å². The van der Waals surface area contributed by atoms with Crippen LogP contribution in [0.15, 0.2) is 27.4 Å². The molecule has 0 amide bonds. The number of H-pyrrole nitrogens is 1. The number of carbonyl (C=O) groups is 1. The molecule has 0 saturated heterocycles. The summed E-state index contributed by atoms with van der Waals surface area (Å²) in [5.74, 6) is -1.53. The number of aromatic nitrogens is 1. The van der Waals surface area contributed by atoms with Gasteiger partial charge in [0.15, 0.2) is 11.4 Å². The number of fused-ring (bicyclic) bond motifs is 1. The molecule has 1 aromatic heterocycles. The zero-order valence-corrected chi connectivity index (χ0v) is 10.1. The van der Waals surface area contributed by atoms with Crippen LogP contribution in [0.3, 0.4) is 0 Å². The first-order valence-electron chi connectivity index (χ1n) is 5.59. The zero-order valence-electron chi connectivity index (χ0n) is 10.1. The number of benzene rings is 1. The van der Waals surface area contributed by atoms with Crippen molar-refractivity contribution in [2.75, 3.05) is 0 Å². The third kappa shape index (κ3) is 2.05. The molecule has 0 bridgehead atoms. The third-order valence-corrected chi connectivity index (χ3v) is 2.79. The smallest absolute Gasteiger partial charge is 0.408 e. The van der Waals surface area contributed by atoms with E-state index in [0.29, 0.717) is 16.7 Å². The highest BCUT2D eigenvalue weighted by atomic mass is 16.4. The van der Waals surface area contributed by atoms with Gasteiger partial charge in [-0.2, -0.15) is 5.26 Å². The Labute approximate surface area is 103 Å². The Bertz CT molecular complexity index is 688. The van der Waals surface area contributed by atoms with Crippen molar-refractivity contribution in [3.8, 4) is 6.07 Å². The summed E-state index contributed by atoms with van der Waals surface area (Å²) in [4.78, 5) is 25.6. The highest BCUT2D eigenvalue weighted by molar-refractivity contribution is 6.01. The lowest BCUT2D eigenvalue weighted by atomic mass is 9.89. The molecule has 2 aromatic rings. The summed E-state index contributed by atoms with van der Waals surface area (Å²) in [6, 6.07) is 6.66. The van der Waals surface area contributed by atoms with Gasteiger partial charge >= 0.3 is 5.76 Å². The SMILES string of the molecule is CC(C)C(C#N)C(=O)c1ccc2oc(=O)[nH]c2c1. The van der Waals surface area contributed by atoms with Crippen molar-refractivity contribution >= 4 is 16.9 Å². The molecule has 0 spiro atoms. The standard InChI is InChI=1S/C13H12N2O3/c1-7(2)9(6-14)12(16)8-3-4-11-10(5-8)15-13(17)18-11/h3-5,7,9H,1-2H3,(H,15,17). The van der Waals surface area contributed by atoms with Crippen molar-refractivity contribution in [3.05, 3.63) is 34.3 Å². The van der Waals surface area contributed by atoms with Gasteiger partial charge in [-0.1, -0.05) is 13.8 Å². The van der Waals surface area contributed by atoms with Gasteiger partial charge in [-0.05, 0) is 24.1 Å². The van der Waals surface area contributed by atoms with E-state index in [2.05, 4.69) is 4.98 Å². The molecule has 0 aliphatic heterocycles. The second kappa shape index (κ2) is 4.49. The quantitative estimate of drug-likeness (QED) is 0.837. The molecule has 1 unspecified atom stereocenters. The van der Waals surface area contributed by atoms with Gasteiger partial charge in [0.25, 0.3) is 0 Å². The number of hydrogen-bond donors (Lipinski definition) is 1. The van der Waals surface area contributed by atoms with E-state index in [1.807, 2.05) is 19.9 Å². The lowest BCUT2D eigenvalue weighted by Gasteiger charge is -2.11. The van der Waals surface area contributed by atoms with Crippen LogP contribution in [-0.2, 0) is 0 Å². The van der Waals surface area contributed by atoms with Gasteiger partial charge in [-0.15, -0.1) is 0 Å². The largest absolute Gasteiger partial charge is 0.417 e. The average Bonchev–Trinajstić information content (AvgIpc) is 2.68. The van der Waals surface area contributed by atoms with Gasteiger partial charge in [-0.25, -0.2) is 4.79 Å². The molecule has 18 heavy (non-hydrogen) atoms. The molecule has 1 heterocycles. The van der Waals surface area contributed by atoms with E-state index >= 15 is 0 Å². The molecule has 2 rings (SSSR count). The summed E-state index contributed by atoms with van der Waals surface area (Å²) < 4.78 is 4.85. The van der Waals surface area contributed by atoms with E-state index in [4.69, 9.17) is 9.68 Å². The van der Waals surface area contributed by atoms with Crippen LogP contribution in [0.5, 0.6) is 0 Å².